The minimum atomic E-state index is -1.08. The van der Waals surface area contributed by atoms with Crippen molar-refractivity contribution in [3.63, 3.8) is 0 Å². The molecular weight excluding hydrogens is 316 g/mol. The van der Waals surface area contributed by atoms with Crippen LogP contribution in [0.25, 0.3) is 0 Å². The summed E-state index contributed by atoms with van der Waals surface area (Å²) in [4.78, 5) is 37.5. The minimum absolute atomic E-state index is 0.0680. The summed E-state index contributed by atoms with van der Waals surface area (Å²) in [6.07, 6.45) is 0. The van der Waals surface area contributed by atoms with Crippen LogP contribution in [0.1, 0.15) is 22.8 Å². The lowest BCUT2D eigenvalue weighted by atomic mass is 10.1. The molecule has 1 amide bonds. The Morgan fingerprint density at radius 2 is 2.00 bits per heavy atom. The van der Waals surface area contributed by atoms with Gasteiger partial charge in [0, 0.05) is 19.6 Å². The van der Waals surface area contributed by atoms with E-state index in [1.54, 1.807) is 19.1 Å². The van der Waals surface area contributed by atoms with E-state index in [-0.39, 0.29) is 23.8 Å². The summed E-state index contributed by atoms with van der Waals surface area (Å²) in [6, 6.07) is 4.41. The van der Waals surface area contributed by atoms with E-state index in [2.05, 4.69) is 0 Å². The van der Waals surface area contributed by atoms with Gasteiger partial charge in [-0.15, -0.1) is 0 Å². The van der Waals surface area contributed by atoms with Crippen molar-refractivity contribution >= 4 is 17.8 Å². The molecule has 1 atom stereocenters. The number of nitrogens with zero attached hydrogens (tertiary/aromatic N) is 2. The topological polar surface area (TPSA) is 107 Å². The molecule has 0 unspecified atom stereocenters. The van der Waals surface area contributed by atoms with Gasteiger partial charge < -0.3 is 19.8 Å². The molecule has 1 aliphatic heterocycles. The van der Waals surface area contributed by atoms with Gasteiger partial charge in [-0.3, -0.25) is 14.5 Å². The molecule has 0 aliphatic carbocycles. The highest BCUT2D eigenvalue weighted by molar-refractivity contribution is 5.91. The fourth-order valence-electron chi connectivity index (χ4n) is 2.76. The maximum absolute atomic E-state index is 12.2. The standard InChI is InChI=1S/C16H20N2O6/c1-10-15(21)18(9-14(19)20)6-5-17(10)8-11-3-4-13(24-2)12(7-11)16(22)23/h3-4,7,10H,5-6,8-9H2,1-2H3,(H,19,20)(H,22,23)/t10-/m1/s1. The van der Waals surface area contributed by atoms with Crippen molar-refractivity contribution < 1.29 is 29.3 Å². The van der Waals surface area contributed by atoms with Gasteiger partial charge in [0.2, 0.25) is 5.91 Å². The molecule has 1 aliphatic rings. The lowest BCUT2D eigenvalue weighted by Gasteiger charge is -2.38. The Hall–Kier alpha value is -2.61. The predicted molar refractivity (Wildman–Crippen MR) is 84.0 cm³/mol. The summed E-state index contributed by atoms with van der Waals surface area (Å²) < 4.78 is 5.03. The molecule has 1 aromatic rings. The maximum Gasteiger partial charge on any atom is 0.339 e. The smallest absolute Gasteiger partial charge is 0.339 e. The Morgan fingerprint density at radius 3 is 2.58 bits per heavy atom. The van der Waals surface area contributed by atoms with E-state index in [0.717, 1.165) is 5.56 Å². The number of aliphatic carboxylic acids is 1. The zero-order valence-electron chi connectivity index (χ0n) is 13.6. The average molecular weight is 336 g/mol. The van der Waals surface area contributed by atoms with E-state index in [0.29, 0.717) is 19.6 Å². The number of ether oxygens (including phenoxy) is 1. The zero-order chi connectivity index (χ0) is 17.9. The number of piperazine rings is 1. The highest BCUT2D eigenvalue weighted by Gasteiger charge is 2.32. The first-order valence-corrected chi connectivity index (χ1v) is 7.48. The quantitative estimate of drug-likeness (QED) is 0.779. The van der Waals surface area contributed by atoms with Crippen LogP contribution >= 0.6 is 0 Å². The molecule has 0 bridgehead atoms. The van der Waals surface area contributed by atoms with E-state index >= 15 is 0 Å². The molecule has 8 heteroatoms. The van der Waals surface area contributed by atoms with Gasteiger partial charge in [-0.1, -0.05) is 6.07 Å². The molecule has 130 valence electrons. The van der Waals surface area contributed by atoms with Crippen LogP contribution in [0.2, 0.25) is 0 Å². The number of carbonyl (C=O) groups is 3. The highest BCUT2D eigenvalue weighted by Crippen LogP contribution is 2.22. The fourth-order valence-corrected chi connectivity index (χ4v) is 2.76. The van der Waals surface area contributed by atoms with Gasteiger partial charge >= 0.3 is 11.9 Å². The molecule has 0 radical (unpaired) electrons. The van der Waals surface area contributed by atoms with Crippen LogP contribution in [0.3, 0.4) is 0 Å². The first kappa shape index (κ1) is 17.7. The number of aromatic carboxylic acids is 1. The molecule has 0 aromatic heterocycles. The third-order valence-electron chi connectivity index (χ3n) is 4.08. The molecule has 24 heavy (non-hydrogen) atoms. The van der Waals surface area contributed by atoms with Crippen LogP contribution in [0.4, 0.5) is 0 Å². The first-order chi connectivity index (χ1) is 11.3. The number of carbonyl (C=O) groups excluding carboxylic acids is 1. The Balaban J connectivity index is 2.12. The molecule has 1 fully saturated rings. The van der Waals surface area contributed by atoms with Gasteiger partial charge in [0.15, 0.2) is 0 Å². The molecule has 2 rings (SSSR count). The van der Waals surface area contributed by atoms with Gasteiger partial charge in [0.05, 0.1) is 13.2 Å². The normalized spacial score (nSPS) is 18.5. The van der Waals surface area contributed by atoms with Crippen LogP contribution in [-0.2, 0) is 16.1 Å². The molecule has 8 nitrogen and oxygen atoms in total. The predicted octanol–water partition coefficient (Wildman–Crippen LogP) is 0.511. The van der Waals surface area contributed by atoms with E-state index < -0.39 is 18.0 Å². The van der Waals surface area contributed by atoms with E-state index in [4.69, 9.17) is 9.84 Å². The highest BCUT2D eigenvalue weighted by atomic mass is 16.5. The van der Waals surface area contributed by atoms with Crippen LogP contribution in [0.15, 0.2) is 18.2 Å². The molecule has 1 heterocycles. The largest absolute Gasteiger partial charge is 0.496 e. The lowest BCUT2D eigenvalue weighted by Crippen LogP contribution is -2.56. The van der Waals surface area contributed by atoms with Crippen molar-refractivity contribution in [3.8, 4) is 5.75 Å². The summed E-state index contributed by atoms with van der Waals surface area (Å²) in [5, 5.41) is 18.1. The van der Waals surface area contributed by atoms with Crippen LogP contribution in [0, 0.1) is 0 Å². The number of amides is 1. The third-order valence-corrected chi connectivity index (χ3v) is 4.08. The van der Waals surface area contributed by atoms with E-state index in [1.807, 2.05) is 4.90 Å². The molecule has 0 saturated carbocycles. The Morgan fingerprint density at radius 1 is 1.29 bits per heavy atom. The van der Waals surface area contributed by atoms with Crippen molar-refractivity contribution in [2.75, 3.05) is 26.7 Å². The van der Waals surface area contributed by atoms with Crippen molar-refractivity contribution in [3.05, 3.63) is 29.3 Å². The third kappa shape index (κ3) is 3.83. The Kier molecular flexibility index (Phi) is 5.40. The maximum atomic E-state index is 12.2. The average Bonchev–Trinajstić information content (AvgIpc) is 2.54. The van der Waals surface area contributed by atoms with Crippen molar-refractivity contribution in [1.29, 1.82) is 0 Å². The van der Waals surface area contributed by atoms with Crippen molar-refractivity contribution in [2.24, 2.45) is 0 Å². The fraction of sp³-hybridized carbons (Fsp3) is 0.438. The van der Waals surface area contributed by atoms with Crippen LogP contribution < -0.4 is 4.74 Å². The summed E-state index contributed by atoms with van der Waals surface area (Å²) >= 11 is 0. The monoisotopic (exact) mass is 336 g/mol. The number of rotatable bonds is 6. The zero-order valence-corrected chi connectivity index (χ0v) is 13.6. The van der Waals surface area contributed by atoms with Gasteiger partial charge in [0.1, 0.15) is 17.9 Å². The number of carboxylic acids is 2. The molecular formula is C16H20N2O6. The summed E-state index contributed by atoms with van der Waals surface area (Å²) in [5.41, 5.74) is 0.818. The first-order valence-electron chi connectivity index (χ1n) is 7.48. The van der Waals surface area contributed by atoms with Gasteiger partial charge in [-0.05, 0) is 24.6 Å². The molecule has 2 N–H and O–H groups in total. The summed E-state index contributed by atoms with van der Waals surface area (Å²) in [5.74, 6) is -2.08. The SMILES string of the molecule is COc1ccc(CN2CCN(CC(=O)O)C(=O)[C@H]2C)cc1C(=O)O. The second-order valence-corrected chi connectivity index (χ2v) is 5.64. The second kappa shape index (κ2) is 7.31. The Bertz CT molecular complexity index is 660. The second-order valence-electron chi connectivity index (χ2n) is 5.64. The lowest BCUT2D eigenvalue weighted by molar-refractivity contribution is -0.150. The molecule has 0 spiro atoms. The number of hydrogen-bond donors (Lipinski definition) is 2. The van der Waals surface area contributed by atoms with Crippen molar-refractivity contribution in [1.82, 2.24) is 9.80 Å². The molecule has 1 aromatic carbocycles. The Labute approximate surface area is 139 Å². The summed E-state index contributed by atoms with van der Waals surface area (Å²) in [6.45, 7) is 2.67. The summed E-state index contributed by atoms with van der Waals surface area (Å²) in [7, 11) is 1.41. The number of carboxylic acid groups (broad SMARTS) is 2. The number of benzene rings is 1. The van der Waals surface area contributed by atoms with Gasteiger partial charge in [-0.25, -0.2) is 4.79 Å². The number of hydrogen-bond acceptors (Lipinski definition) is 5. The molecule has 1 saturated heterocycles. The van der Waals surface area contributed by atoms with E-state index in [1.165, 1.54) is 18.1 Å². The van der Waals surface area contributed by atoms with Crippen LogP contribution in [-0.4, -0.2) is 70.6 Å². The van der Waals surface area contributed by atoms with Gasteiger partial charge in [0.25, 0.3) is 0 Å². The van der Waals surface area contributed by atoms with E-state index in [9.17, 15) is 19.5 Å². The van der Waals surface area contributed by atoms with Crippen molar-refractivity contribution in [2.45, 2.75) is 19.5 Å². The number of methoxy groups -OCH3 is 1. The van der Waals surface area contributed by atoms with Crippen LogP contribution in [0.5, 0.6) is 5.75 Å². The van der Waals surface area contributed by atoms with Gasteiger partial charge in [-0.2, -0.15) is 0 Å². The minimum Gasteiger partial charge on any atom is -0.496 e.